The number of hydrogen-bond donors (Lipinski definition) is 2. The van der Waals surface area contributed by atoms with Crippen LogP contribution in [0.1, 0.15) is 17.0 Å². The zero-order valence-corrected chi connectivity index (χ0v) is 13.4. The van der Waals surface area contributed by atoms with Crippen molar-refractivity contribution < 1.29 is 12.9 Å². The number of nitrogen functional groups attached to an aromatic ring is 1. The minimum Gasteiger partial charge on any atom is -0.399 e. The lowest BCUT2D eigenvalue weighted by atomic mass is 10.2. The SMILES string of the molecule is Cc1noc(C)c1CNS(=O)(=O)c1ccc(N)cc1Br. The fraction of sp³-hybridized carbons (Fsp3) is 0.250. The Hall–Kier alpha value is -1.38. The van der Waals surface area contributed by atoms with Crippen LogP contribution in [-0.4, -0.2) is 13.6 Å². The zero-order valence-electron chi connectivity index (χ0n) is 11.0. The molecule has 0 radical (unpaired) electrons. The number of hydrogen-bond acceptors (Lipinski definition) is 5. The molecule has 1 aromatic carbocycles. The van der Waals surface area contributed by atoms with Crippen LogP contribution in [-0.2, 0) is 16.6 Å². The quantitative estimate of drug-likeness (QED) is 0.814. The third kappa shape index (κ3) is 3.02. The van der Waals surface area contributed by atoms with E-state index >= 15 is 0 Å². The van der Waals surface area contributed by atoms with Crippen LogP contribution in [0.5, 0.6) is 0 Å². The summed E-state index contributed by atoms with van der Waals surface area (Å²) in [5.74, 6) is 0.599. The standard InChI is InChI=1S/C12H14BrN3O3S/c1-7-10(8(2)19-16-7)6-15-20(17,18)12-4-3-9(14)5-11(12)13/h3-5,15H,6,14H2,1-2H3. The third-order valence-corrected chi connectivity index (χ3v) is 5.24. The van der Waals surface area contributed by atoms with E-state index in [4.69, 9.17) is 10.3 Å². The van der Waals surface area contributed by atoms with Gasteiger partial charge < -0.3 is 10.3 Å². The molecular formula is C12H14BrN3O3S. The van der Waals surface area contributed by atoms with Gasteiger partial charge in [-0.15, -0.1) is 0 Å². The van der Waals surface area contributed by atoms with Gasteiger partial charge in [0.15, 0.2) is 0 Å². The summed E-state index contributed by atoms with van der Waals surface area (Å²) in [6.45, 7) is 3.63. The van der Waals surface area contributed by atoms with Crippen molar-refractivity contribution in [3.63, 3.8) is 0 Å². The predicted octanol–water partition coefficient (Wildman–Crippen LogP) is 2.11. The minimum atomic E-state index is -3.64. The number of sulfonamides is 1. The van der Waals surface area contributed by atoms with Crippen molar-refractivity contribution in [3.05, 3.63) is 39.7 Å². The maximum absolute atomic E-state index is 12.2. The molecule has 1 aromatic heterocycles. The minimum absolute atomic E-state index is 0.125. The molecule has 0 saturated heterocycles. The molecule has 6 nitrogen and oxygen atoms in total. The van der Waals surface area contributed by atoms with E-state index in [9.17, 15) is 8.42 Å². The van der Waals surface area contributed by atoms with Gasteiger partial charge in [-0.25, -0.2) is 13.1 Å². The summed E-state index contributed by atoms with van der Waals surface area (Å²) in [5.41, 5.74) is 7.49. The van der Waals surface area contributed by atoms with Crippen molar-refractivity contribution >= 4 is 31.6 Å². The number of halogens is 1. The van der Waals surface area contributed by atoms with E-state index < -0.39 is 10.0 Å². The molecule has 8 heteroatoms. The lowest BCUT2D eigenvalue weighted by Gasteiger charge is -2.08. The lowest BCUT2D eigenvalue weighted by molar-refractivity contribution is 0.392. The van der Waals surface area contributed by atoms with Gasteiger partial charge >= 0.3 is 0 Å². The highest BCUT2D eigenvalue weighted by atomic mass is 79.9. The van der Waals surface area contributed by atoms with E-state index in [1.807, 2.05) is 0 Å². The molecule has 108 valence electrons. The normalized spacial score (nSPS) is 11.8. The summed E-state index contributed by atoms with van der Waals surface area (Å²) < 4.78 is 32.4. The molecule has 20 heavy (non-hydrogen) atoms. The average Bonchev–Trinajstić information content (AvgIpc) is 2.66. The number of rotatable bonds is 4. The monoisotopic (exact) mass is 359 g/mol. The first-order valence-electron chi connectivity index (χ1n) is 5.77. The van der Waals surface area contributed by atoms with Crippen LogP contribution in [0, 0.1) is 13.8 Å². The van der Waals surface area contributed by atoms with Gasteiger partial charge in [0, 0.05) is 22.3 Å². The summed E-state index contributed by atoms with van der Waals surface area (Å²) in [6.07, 6.45) is 0. The molecule has 0 amide bonds. The van der Waals surface area contributed by atoms with E-state index in [0.717, 1.165) is 5.56 Å². The topological polar surface area (TPSA) is 98.2 Å². The van der Waals surface area contributed by atoms with Crippen LogP contribution >= 0.6 is 15.9 Å². The largest absolute Gasteiger partial charge is 0.399 e. The van der Waals surface area contributed by atoms with E-state index in [-0.39, 0.29) is 11.4 Å². The third-order valence-electron chi connectivity index (χ3n) is 2.87. The lowest BCUT2D eigenvalue weighted by Crippen LogP contribution is -2.24. The highest BCUT2D eigenvalue weighted by molar-refractivity contribution is 9.10. The van der Waals surface area contributed by atoms with Crippen LogP contribution in [0.2, 0.25) is 0 Å². The predicted molar refractivity (Wildman–Crippen MR) is 78.6 cm³/mol. The molecule has 2 aromatic rings. The first-order chi connectivity index (χ1) is 9.31. The van der Waals surface area contributed by atoms with Gasteiger partial charge in [0.2, 0.25) is 10.0 Å². The van der Waals surface area contributed by atoms with Gasteiger partial charge in [0.05, 0.1) is 10.6 Å². The second kappa shape index (κ2) is 5.55. The molecule has 0 aliphatic rings. The van der Waals surface area contributed by atoms with Crippen molar-refractivity contribution in [1.82, 2.24) is 9.88 Å². The summed E-state index contributed by atoms with van der Waals surface area (Å²) in [4.78, 5) is 0.137. The fourth-order valence-electron chi connectivity index (χ4n) is 1.73. The summed E-state index contributed by atoms with van der Waals surface area (Å²) >= 11 is 3.20. The van der Waals surface area contributed by atoms with Crippen molar-refractivity contribution in [2.24, 2.45) is 0 Å². The number of nitrogens with zero attached hydrogens (tertiary/aromatic N) is 1. The molecule has 0 unspecified atom stereocenters. The first kappa shape index (κ1) is 15.0. The smallest absolute Gasteiger partial charge is 0.241 e. The molecule has 0 spiro atoms. The number of aryl methyl sites for hydroxylation is 2. The highest BCUT2D eigenvalue weighted by Gasteiger charge is 2.19. The molecule has 0 bridgehead atoms. The van der Waals surface area contributed by atoms with Crippen LogP contribution in [0.25, 0.3) is 0 Å². The van der Waals surface area contributed by atoms with Gasteiger partial charge in [0.25, 0.3) is 0 Å². The van der Waals surface area contributed by atoms with Crippen molar-refractivity contribution in [3.8, 4) is 0 Å². The number of anilines is 1. The maximum Gasteiger partial charge on any atom is 0.241 e. The average molecular weight is 360 g/mol. The molecule has 0 atom stereocenters. The number of aromatic nitrogens is 1. The van der Waals surface area contributed by atoms with Crippen molar-refractivity contribution in [1.29, 1.82) is 0 Å². The first-order valence-corrected chi connectivity index (χ1v) is 8.05. The molecule has 0 fully saturated rings. The summed E-state index contributed by atoms with van der Waals surface area (Å²) in [7, 11) is -3.64. The zero-order chi connectivity index (χ0) is 14.9. The highest BCUT2D eigenvalue weighted by Crippen LogP contribution is 2.24. The number of nitrogens with one attached hydrogen (secondary N) is 1. The Morgan fingerprint density at radius 1 is 1.40 bits per heavy atom. The van der Waals surface area contributed by atoms with Crippen LogP contribution in [0.15, 0.2) is 32.1 Å². The van der Waals surface area contributed by atoms with Crippen molar-refractivity contribution in [2.75, 3.05) is 5.73 Å². The maximum atomic E-state index is 12.2. The Morgan fingerprint density at radius 2 is 2.10 bits per heavy atom. The van der Waals surface area contributed by atoms with Gasteiger partial charge in [-0.2, -0.15) is 0 Å². The van der Waals surface area contributed by atoms with Gasteiger partial charge in [-0.1, -0.05) is 5.16 Å². The van der Waals surface area contributed by atoms with E-state index in [1.54, 1.807) is 19.9 Å². The number of nitrogens with two attached hydrogens (primary N) is 1. The Morgan fingerprint density at radius 3 is 2.65 bits per heavy atom. The molecular weight excluding hydrogens is 346 g/mol. The molecule has 1 heterocycles. The molecule has 0 aliphatic carbocycles. The van der Waals surface area contributed by atoms with E-state index in [0.29, 0.717) is 21.6 Å². The second-order valence-electron chi connectivity index (χ2n) is 4.32. The summed E-state index contributed by atoms with van der Waals surface area (Å²) in [5, 5.41) is 3.78. The van der Waals surface area contributed by atoms with Crippen molar-refractivity contribution in [2.45, 2.75) is 25.3 Å². The Balaban J connectivity index is 2.24. The fourth-order valence-corrected chi connectivity index (χ4v) is 3.82. The van der Waals surface area contributed by atoms with Gasteiger partial charge in [0.1, 0.15) is 5.76 Å². The van der Waals surface area contributed by atoms with Crippen LogP contribution < -0.4 is 10.5 Å². The van der Waals surface area contributed by atoms with Crippen LogP contribution in [0.4, 0.5) is 5.69 Å². The number of benzene rings is 1. The van der Waals surface area contributed by atoms with Crippen LogP contribution in [0.3, 0.4) is 0 Å². The van der Waals surface area contributed by atoms with E-state index in [1.165, 1.54) is 12.1 Å². The second-order valence-corrected chi connectivity index (χ2v) is 6.91. The molecule has 3 N–H and O–H groups in total. The Kier molecular flexibility index (Phi) is 4.17. The van der Waals surface area contributed by atoms with Gasteiger partial charge in [-0.05, 0) is 48.0 Å². The molecule has 2 rings (SSSR count). The van der Waals surface area contributed by atoms with E-state index in [2.05, 4.69) is 25.8 Å². The van der Waals surface area contributed by atoms with Gasteiger partial charge in [-0.3, -0.25) is 0 Å². The molecule has 0 saturated carbocycles. The molecule has 0 aliphatic heterocycles. The Labute approximate surface area is 125 Å². The Bertz CT molecular complexity index is 721. The summed E-state index contributed by atoms with van der Waals surface area (Å²) in [6, 6.07) is 4.54.